The molecular weight excluding hydrogens is 262 g/mol. The fraction of sp³-hybridized carbons (Fsp3) is 0.529. The van der Waals surface area contributed by atoms with Crippen molar-refractivity contribution >= 4 is 0 Å². The van der Waals surface area contributed by atoms with Crippen molar-refractivity contribution in [2.75, 3.05) is 13.1 Å². The number of aromatic nitrogens is 2. The smallest absolute Gasteiger partial charge is 0.234 e. The first-order valence-electron chi connectivity index (χ1n) is 7.95. The van der Waals surface area contributed by atoms with Gasteiger partial charge in [0.05, 0.1) is 5.41 Å². The maximum atomic E-state index is 5.67. The summed E-state index contributed by atoms with van der Waals surface area (Å²) in [6.07, 6.45) is 4.34. The van der Waals surface area contributed by atoms with Crippen LogP contribution in [0.3, 0.4) is 0 Å². The number of hydrogen-bond donors (Lipinski definition) is 1. The Morgan fingerprint density at radius 2 is 2.29 bits per heavy atom. The zero-order valence-electron chi connectivity index (χ0n) is 12.4. The number of fused-ring (bicyclic) bond motifs is 1. The fourth-order valence-corrected chi connectivity index (χ4v) is 3.80. The fourth-order valence-electron chi connectivity index (χ4n) is 3.80. The van der Waals surface area contributed by atoms with Crippen molar-refractivity contribution in [1.82, 2.24) is 15.5 Å². The zero-order valence-corrected chi connectivity index (χ0v) is 12.4. The summed E-state index contributed by atoms with van der Waals surface area (Å²) >= 11 is 0. The van der Waals surface area contributed by atoms with Gasteiger partial charge in [0, 0.05) is 12.5 Å². The number of hydrogen-bond acceptors (Lipinski definition) is 4. The van der Waals surface area contributed by atoms with E-state index in [-0.39, 0.29) is 5.41 Å². The summed E-state index contributed by atoms with van der Waals surface area (Å²) < 4.78 is 5.67. The van der Waals surface area contributed by atoms with Crippen molar-refractivity contribution in [2.24, 2.45) is 0 Å². The molecule has 0 bridgehead atoms. The maximum absolute atomic E-state index is 5.67. The Bertz CT molecular complexity index is 643. The van der Waals surface area contributed by atoms with Gasteiger partial charge >= 0.3 is 0 Å². The summed E-state index contributed by atoms with van der Waals surface area (Å²) in [6.45, 7) is 4.20. The Balaban J connectivity index is 1.67. The van der Waals surface area contributed by atoms with Crippen molar-refractivity contribution in [3.8, 4) is 0 Å². The minimum Gasteiger partial charge on any atom is -0.339 e. The molecule has 0 radical (unpaired) electrons. The molecule has 1 aliphatic carbocycles. The Hall–Kier alpha value is -1.68. The molecule has 4 rings (SSSR count). The van der Waals surface area contributed by atoms with E-state index in [9.17, 15) is 0 Å². The van der Waals surface area contributed by atoms with E-state index in [0.717, 1.165) is 50.5 Å². The molecule has 2 atom stereocenters. The molecule has 2 aromatic rings. The van der Waals surface area contributed by atoms with Gasteiger partial charge in [0.25, 0.3) is 0 Å². The van der Waals surface area contributed by atoms with E-state index < -0.39 is 0 Å². The predicted molar refractivity (Wildman–Crippen MR) is 80.4 cm³/mol. The average Bonchev–Trinajstić information content (AvgIpc) is 3.25. The maximum Gasteiger partial charge on any atom is 0.234 e. The first kappa shape index (κ1) is 13.0. The second-order valence-corrected chi connectivity index (χ2v) is 6.31. The molecule has 110 valence electrons. The second kappa shape index (κ2) is 4.95. The van der Waals surface area contributed by atoms with Crippen LogP contribution in [-0.4, -0.2) is 23.2 Å². The Morgan fingerprint density at radius 1 is 1.38 bits per heavy atom. The molecule has 4 nitrogen and oxygen atoms in total. The van der Waals surface area contributed by atoms with Gasteiger partial charge in [-0.25, -0.2) is 0 Å². The summed E-state index contributed by atoms with van der Waals surface area (Å²) in [6, 6.07) is 8.63. The van der Waals surface area contributed by atoms with E-state index in [1.165, 1.54) is 11.1 Å². The highest BCUT2D eigenvalue weighted by Gasteiger charge is 2.40. The van der Waals surface area contributed by atoms with Gasteiger partial charge in [0.1, 0.15) is 0 Å². The number of nitrogens with one attached hydrogen (secondary N) is 1. The van der Waals surface area contributed by atoms with Crippen LogP contribution in [0.25, 0.3) is 0 Å². The quantitative estimate of drug-likeness (QED) is 0.941. The SMILES string of the molecule is CCC1(c2nc(C3CCc4ccccc43)no2)CCNC1. The molecule has 0 amide bonds. The van der Waals surface area contributed by atoms with Gasteiger partial charge in [-0.2, -0.15) is 4.98 Å². The van der Waals surface area contributed by atoms with Crippen LogP contribution in [0.4, 0.5) is 0 Å². The normalized spacial score (nSPS) is 28.0. The number of nitrogens with zero attached hydrogens (tertiary/aromatic N) is 2. The highest BCUT2D eigenvalue weighted by molar-refractivity contribution is 5.38. The number of rotatable bonds is 3. The lowest BCUT2D eigenvalue weighted by atomic mass is 9.84. The summed E-state index contributed by atoms with van der Waals surface area (Å²) in [5, 5.41) is 7.75. The highest BCUT2D eigenvalue weighted by Crippen LogP contribution is 2.38. The van der Waals surface area contributed by atoms with E-state index in [1.54, 1.807) is 0 Å². The molecule has 1 saturated heterocycles. The van der Waals surface area contributed by atoms with Crippen LogP contribution in [0.2, 0.25) is 0 Å². The summed E-state index contributed by atoms with van der Waals surface area (Å²) in [5.41, 5.74) is 2.85. The van der Waals surface area contributed by atoms with Gasteiger partial charge < -0.3 is 9.84 Å². The van der Waals surface area contributed by atoms with Gasteiger partial charge in [0.2, 0.25) is 5.89 Å². The lowest BCUT2D eigenvalue weighted by molar-refractivity contribution is 0.283. The van der Waals surface area contributed by atoms with E-state index in [1.807, 2.05) is 0 Å². The van der Waals surface area contributed by atoms with Crippen molar-refractivity contribution in [3.63, 3.8) is 0 Å². The Kier molecular flexibility index (Phi) is 3.07. The lowest BCUT2D eigenvalue weighted by Crippen LogP contribution is -2.28. The first-order valence-corrected chi connectivity index (χ1v) is 7.95. The van der Waals surface area contributed by atoms with Crippen molar-refractivity contribution in [3.05, 3.63) is 47.1 Å². The van der Waals surface area contributed by atoms with Crippen LogP contribution in [0, 0.1) is 0 Å². The topological polar surface area (TPSA) is 51.0 Å². The first-order chi connectivity index (χ1) is 10.3. The van der Waals surface area contributed by atoms with Gasteiger partial charge in [-0.1, -0.05) is 36.3 Å². The van der Waals surface area contributed by atoms with Crippen molar-refractivity contribution in [1.29, 1.82) is 0 Å². The Labute approximate surface area is 124 Å². The molecule has 1 aliphatic heterocycles. The summed E-state index contributed by atoms with van der Waals surface area (Å²) in [7, 11) is 0. The van der Waals surface area contributed by atoms with Crippen LogP contribution in [0.1, 0.15) is 54.9 Å². The average molecular weight is 283 g/mol. The molecule has 2 heterocycles. The van der Waals surface area contributed by atoms with Crippen molar-refractivity contribution < 1.29 is 4.52 Å². The van der Waals surface area contributed by atoms with Gasteiger partial charge in [-0.05, 0) is 43.4 Å². The predicted octanol–water partition coefficient (Wildman–Crippen LogP) is 2.79. The van der Waals surface area contributed by atoms with Crippen LogP contribution in [0.5, 0.6) is 0 Å². The van der Waals surface area contributed by atoms with Gasteiger partial charge in [0.15, 0.2) is 5.82 Å². The third-order valence-electron chi connectivity index (χ3n) is 5.26. The van der Waals surface area contributed by atoms with E-state index in [0.29, 0.717) is 5.92 Å². The zero-order chi connectivity index (χ0) is 14.3. The van der Waals surface area contributed by atoms with Crippen LogP contribution >= 0.6 is 0 Å². The third kappa shape index (κ3) is 2.01. The molecule has 4 heteroatoms. The number of benzene rings is 1. The monoisotopic (exact) mass is 283 g/mol. The molecule has 0 spiro atoms. The lowest BCUT2D eigenvalue weighted by Gasteiger charge is -2.20. The molecule has 2 aliphatic rings. The molecule has 1 aromatic carbocycles. The molecule has 1 fully saturated rings. The summed E-state index contributed by atoms with van der Waals surface area (Å²) in [4.78, 5) is 4.80. The molecule has 21 heavy (non-hydrogen) atoms. The molecule has 1 aromatic heterocycles. The molecule has 1 N–H and O–H groups in total. The summed E-state index contributed by atoms with van der Waals surface area (Å²) in [5.74, 6) is 2.01. The van der Waals surface area contributed by atoms with Crippen LogP contribution in [-0.2, 0) is 11.8 Å². The largest absolute Gasteiger partial charge is 0.339 e. The third-order valence-corrected chi connectivity index (χ3v) is 5.26. The van der Waals surface area contributed by atoms with Crippen LogP contribution < -0.4 is 5.32 Å². The van der Waals surface area contributed by atoms with Crippen molar-refractivity contribution in [2.45, 2.75) is 43.9 Å². The molecule has 0 saturated carbocycles. The molecular formula is C17H21N3O. The second-order valence-electron chi connectivity index (χ2n) is 6.31. The van der Waals surface area contributed by atoms with Crippen LogP contribution in [0.15, 0.2) is 28.8 Å². The Morgan fingerprint density at radius 3 is 3.10 bits per heavy atom. The van der Waals surface area contributed by atoms with E-state index in [2.05, 4.69) is 41.7 Å². The standard InChI is InChI=1S/C17H21N3O/c1-2-17(9-10-18-11-17)16-19-15(20-21-16)14-8-7-12-5-3-4-6-13(12)14/h3-6,14,18H,2,7-11H2,1H3. The van der Waals surface area contributed by atoms with E-state index in [4.69, 9.17) is 9.51 Å². The minimum absolute atomic E-state index is 0.0450. The van der Waals surface area contributed by atoms with Gasteiger partial charge in [-0.15, -0.1) is 0 Å². The molecule has 2 unspecified atom stereocenters. The van der Waals surface area contributed by atoms with Gasteiger partial charge in [-0.3, -0.25) is 0 Å². The highest BCUT2D eigenvalue weighted by atomic mass is 16.5. The number of aryl methyl sites for hydroxylation is 1. The van der Waals surface area contributed by atoms with E-state index >= 15 is 0 Å². The minimum atomic E-state index is 0.0450.